The summed E-state index contributed by atoms with van der Waals surface area (Å²) in [6.07, 6.45) is 2.88. The van der Waals surface area contributed by atoms with Crippen LogP contribution in [0.15, 0.2) is 30.5 Å². The summed E-state index contributed by atoms with van der Waals surface area (Å²) in [5, 5.41) is 3.59. The van der Waals surface area contributed by atoms with E-state index in [1.165, 1.54) is 33.5 Å². The molecule has 21 heavy (non-hydrogen) atoms. The molecular weight excluding hydrogens is 256 g/mol. The Hall–Kier alpha value is -1.67. The van der Waals surface area contributed by atoms with Gasteiger partial charge in [0.25, 0.3) is 0 Å². The summed E-state index contributed by atoms with van der Waals surface area (Å²) < 4.78 is 0. The third-order valence-electron chi connectivity index (χ3n) is 4.08. The molecule has 1 aromatic heterocycles. The van der Waals surface area contributed by atoms with Crippen LogP contribution in [-0.2, 0) is 6.42 Å². The second kappa shape index (κ2) is 6.86. The fourth-order valence-corrected chi connectivity index (χ4v) is 3.11. The molecule has 1 N–H and O–H groups in total. The molecule has 2 nitrogen and oxygen atoms in total. The maximum absolute atomic E-state index is 4.61. The number of hydrogen-bond acceptors (Lipinski definition) is 2. The van der Waals surface area contributed by atoms with E-state index in [1.54, 1.807) is 0 Å². The van der Waals surface area contributed by atoms with Crippen LogP contribution in [0.25, 0.3) is 0 Å². The summed E-state index contributed by atoms with van der Waals surface area (Å²) >= 11 is 0. The fraction of sp³-hybridized carbons (Fsp3) is 0.421. The molecule has 2 heteroatoms. The number of benzene rings is 1. The van der Waals surface area contributed by atoms with Gasteiger partial charge in [-0.15, -0.1) is 0 Å². The quantitative estimate of drug-likeness (QED) is 0.888. The first-order valence-electron chi connectivity index (χ1n) is 7.74. The third kappa shape index (κ3) is 3.70. The smallest absolute Gasteiger partial charge is 0.0605 e. The van der Waals surface area contributed by atoms with Gasteiger partial charge in [-0.3, -0.25) is 4.98 Å². The molecule has 1 heterocycles. The average molecular weight is 282 g/mol. The molecule has 0 saturated heterocycles. The summed E-state index contributed by atoms with van der Waals surface area (Å²) in [5.41, 5.74) is 7.96. The second-order valence-electron chi connectivity index (χ2n) is 5.90. The second-order valence-corrected chi connectivity index (χ2v) is 5.90. The highest BCUT2D eigenvalue weighted by atomic mass is 14.9. The van der Waals surface area contributed by atoms with Crippen LogP contribution in [0.4, 0.5) is 0 Å². The highest BCUT2D eigenvalue weighted by Gasteiger charge is 2.17. The Morgan fingerprint density at radius 1 is 1.05 bits per heavy atom. The van der Waals surface area contributed by atoms with E-state index in [9.17, 15) is 0 Å². The van der Waals surface area contributed by atoms with E-state index in [2.05, 4.69) is 63.1 Å². The minimum absolute atomic E-state index is 0.274. The molecule has 112 valence electrons. The zero-order chi connectivity index (χ0) is 15.4. The van der Waals surface area contributed by atoms with Crippen LogP contribution >= 0.6 is 0 Å². The van der Waals surface area contributed by atoms with E-state index in [1.807, 2.05) is 12.3 Å². The summed E-state index contributed by atoms with van der Waals surface area (Å²) in [6, 6.07) is 8.97. The van der Waals surface area contributed by atoms with Crippen LogP contribution in [0.5, 0.6) is 0 Å². The van der Waals surface area contributed by atoms with Gasteiger partial charge in [-0.1, -0.05) is 30.7 Å². The molecule has 1 atom stereocenters. The highest BCUT2D eigenvalue weighted by Crippen LogP contribution is 2.24. The van der Waals surface area contributed by atoms with Gasteiger partial charge in [0.1, 0.15) is 0 Å². The molecule has 0 bridgehead atoms. The summed E-state index contributed by atoms with van der Waals surface area (Å²) in [5.74, 6) is 0. The van der Waals surface area contributed by atoms with Gasteiger partial charge in [-0.05, 0) is 69.0 Å². The van der Waals surface area contributed by atoms with Crippen molar-refractivity contribution in [1.82, 2.24) is 10.3 Å². The Bertz CT molecular complexity index is 594. The number of nitrogens with one attached hydrogen (secondary N) is 1. The van der Waals surface area contributed by atoms with Crippen LogP contribution < -0.4 is 5.32 Å². The first-order chi connectivity index (χ1) is 10.0. The maximum Gasteiger partial charge on any atom is 0.0605 e. The van der Waals surface area contributed by atoms with Crippen molar-refractivity contribution in [3.8, 4) is 0 Å². The lowest BCUT2D eigenvalue weighted by atomic mass is 9.92. The normalized spacial score (nSPS) is 12.4. The average Bonchev–Trinajstić information content (AvgIpc) is 2.42. The zero-order valence-electron chi connectivity index (χ0n) is 13.8. The summed E-state index contributed by atoms with van der Waals surface area (Å²) in [7, 11) is 0. The predicted molar refractivity (Wildman–Crippen MR) is 89.7 cm³/mol. The zero-order valence-corrected chi connectivity index (χ0v) is 13.8. The van der Waals surface area contributed by atoms with Crippen LogP contribution in [0.2, 0.25) is 0 Å². The lowest BCUT2D eigenvalue weighted by Crippen LogP contribution is -2.25. The number of rotatable bonds is 5. The molecule has 0 aliphatic rings. The fourth-order valence-electron chi connectivity index (χ4n) is 3.11. The summed E-state index contributed by atoms with van der Waals surface area (Å²) in [6.45, 7) is 11.8. The molecule has 0 spiro atoms. The molecule has 0 amide bonds. The van der Waals surface area contributed by atoms with E-state index in [0.29, 0.717) is 0 Å². The van der Waals surface area contributed by atoms with Crippen LogP contribution in [-0.4, -0.2) is 11.5 Å². The van der Waals surface area contributed by atoms with Crippen molar-refractivity contribution in [3.63, 3.8) is 0 Å². The standard InChI is InChI=1S/C19H26N2/c1-6-20-18(19-14(3)8-7-9-21-19)12-17-15(4)10-13(2)11-16(17)5/h7-11,18,20H,6,12H2,1-5H3. The number of hydrogen-bond donors (Lipinski definition) is 1. The maximum atomic E-state index is 4.61. The molecule has 0 aliphatic heterocycles. The SMILES string of the molecule is CCNC(Cc1c(C)cc(C)cc1C)c1ncccc1C. The van der Waals surface area contributed by atoms with Crippen LogP contribution in [0, 0.1) is 27.7 Å². The lowest BCUT2D eigenvalue weighted by Gasteiger charge is -2.22. The van der Waals surface area contributed by atoms with Gasteiger partial charge in [0.05, 0.1) is 11.7 Å². The van der Waals surface area contributed by atoms with E-state index >= 15 is 0 Å². The molecule has 0 saturated carbocycles. The lowest BCUT2D eigenvalue weighted by molar-refractivity contribution is 0.532. The van der Waals surface area contributed by atoms with E-state index in [4.69, 9.17) is 0 Å². The van der Waals surface area contributed by atoms with Crippen molar-refractivity contribution in [3.05, 3.63) is 64.0 Å². The first-order valence-corrected chi connectivity index (χ1v) is 7.74. The molecule has 0 radical (unpaired) electrons. The Balaban J connectivity index is 2.36. The largest absolute Gasteiger partial charge is 0.309 e. The molecule has 1 aromatic carbocycles. The third-order valence-corrected chi connectivity index (χ3v) is 4.08. The number of aromatic nitrogens is 1. The van der Waals surface area contributed by atoms with Crippen molar-refractivity contribution in [2.75, 3.05) is 6.54 Å². The van der Waals surface area contributed by atoms with Gasteiger partial charge < -0.3 is 5.32 Å². The number of pyridine rings is 1. The van der Waals surface area contributed by atoms with Crippen molar-refractivity contribution in [2.24, 2.45) is 0 Å². The van der Waals surface area contributed by atoms with Gasteiger partial charge in [0.15, 0.2) is 0 Å². The topological polar surface area (TPSA) is 24.9 Å². The van der Waals surface area contributed by atoms with E-state index in [0.717, 1.165) is 13.0 Å². The Morgan fingerprint density at radius 3 is 2.29 bits per heavy atom. The van der Waals surface area contributed by atoms with E-state index < -0.39 is 0 Å². The van der Waals surface area contributed by atoms with Crippen LogP contribution in [0.1, 0.15) is 46.5 Å². The highest BCUT2D eigenvalue weighted by molar-refractivity contribution is 5.39. The molecule has 0 aliphatic carbocycles. The number of nitrogens with zero attached hydrogens (tertiary/aromatic N) is 1. The Morgan fingerprint density at radius 2 is 1.71 bits per heavy atom. The number of likely N-dealkylation sites (N-methyl/N-ethyl adjacent to an activating group) is 1. The summed E-state index contributed by atoms with van der Waals surface area (Å²) in [4.78, 5) is 4.61. The van der Waals surface area contributed by atoms with Gasteiger partial charge in [0.2, 0.25) is 0 Å². The van der Waals surface area contributed by atoms with Gasteiger partial charge in [0, 0.05) is 6.20 Å². The minimum atomic E-state index is 0.274. The molecule has 2 aromatic rings. The predicted octanol–water partition coefficient (Wildman–Crippen LogP) is 4.21. The van der Waals surface area contributed by atoms with Crippen molar-refractivity contribution in [1.29, 1.82) is 0 Å². The van der Waals surface area contributed by atoms with Crippen LogP contribution in [0.3, 0.4) is 0 Å². The van der Waals surface area contributed by atoms with Gasteiger partial charge in [-0.25, -0.2) is 0 Å². The monoisotopic (exact) mass is 282 g/mol. The van der Waals surface area contributed by atoms with Gasteiger partial charge in [-0.2, -0.15) is 0 Å². The minimum Gasteiger partial charge on any atom is -0.309 e. The van der Waals surface area contributed by atoms with Gasteiger partial charge >= 0.3 is 0 Å². The van der Waals surface area contributed by atoms with Crippen molar-refractivity contribution < 1.29 is 0 Å². The van der Waals surface area contributed by atoms with Crippen molar-refractivity contribution in [2.45, 2.75) is 47.1 Å². The molecule has 0 fully saturated rings. The molecule has 2 rings (SSSR count). The Kier molecular flexibility index (Phi) is 5.13. The van der Waals surface area contributed by atoms with E-state index in [-0.39, 0.29) is 6.04 Å². The first kappa shape index (κ1) is 15.7. The number of aryl methyl sites for hydroxylation is 4. The Labute approximate surface area is 128 Å². The molecule has 1 unspecified atom stereocenters. The van der Waals surface area contributed by atoms with Crippen molar-refractivity contribution >= 4 is 0 Å². The molecular formula is C19H26N2.